The molecular weight excluding hydrogens is 218 g/mol. The molecule has 0 spiro atoms. The Morgan fingerprint density at radius 2 is 2.12 bits per heavy atom. The van der Waals surface area contributed by atoms with Crippen LogP contribution in [-0.4, -0.2) is 16.8 Å². The van der Waals surface area contributed by atoms with Gasteiger partial charge in [-0.3, -0.25) is 0 Å². The third-order valence-electron chi connectivity index (χ3n) is 2.36. The Balaban J connectivity index is 2.33. The highest BCUT2D eigenvalue weighted by Crippen LogP contribution is 2.27. The van der Waals surface area contributed by atoms with Gasteiger partial charge in [-0.05, 0) is 13.0 Å². The Bertz CT molecular complexity index is 496. The second-order valence-corrected chi connectivity index (χ2v) is 3.61. The quantitative estimate of drug-likeness (QED) is 0.871. The lowest BCUT2D eigenvalue weighted by molar-refractivity contribution is 0.333. The number of benzene rings is 1. The van der Waals surface area contributed by atoms with Crippen molar-refractivity contribution in [1.29, 1.82) is 0 Å². The molecule has 2 rings (SSSR count). The highest BCUT2D eigenvalue weighted by Gasteiger charge is 2.18. The summed E-state index contributed by atoms with van der Waals surface area (Å²) in [4.78, 5) is 0. The molecule has 1 aromatic carbocycles. The topological polar surface area (TPSA) is 74.2 Å². The van der Waals surface area contributed by atoms with Crippen molar-refractivity contribution in [3.8, 4) is 5.75 Å². The molecule has 0 amide bonds. The molecule has 2 N–H and O–H groups in total. The third kappa shape index (κ3) is 2.45. The van der Waals surface area contributed by atoms with Crippen LogP contribution < -0.4 is 10.5 Å². The lowest BCUT2D eigenvalue weighted by Crippen LogP contribution is -2.14. The molecule has 0 radical (unpaired) electrons. The Morgan fingerprint density at radius 3 is 2.76 bits per heavy atom. The third-order valence-corrected chi connectivity index (χ3v) is 2.36. The van der Waals surface area contributed by atoms with E-state index in [0.717, 1.165) is 11.3 Å². The standard InChI is InChI=1S/C12H15N3O2/c1-3-16-10-7-5-4-6-9(10)11(13)12-15-14-8(2)17-12/h4-7,11H,3,13H2,1-2H3. The van der Waals surface area contributed by atoms with Crippen LogP contribution >= 0.6 is 0 Å². The van der Waals surface area contributed by atoms with Gasteiger partial charge in [-0.15, -0.1) is 10.2 Å². The minimum Gasteiger partial charge on any atom is -0.494 e. The fraction of sp³-hybridized carbons (Fsp3) is 0.333. The first kappa shape index (κ1) is 11.6. The van der Waals surface area contributed by atoms with Crippen molar-refractivity contribution >= 4 is 0 Å². The van der Waals surface area contributed by atoms with Crippen molar-refractivity contribution in [2.45, 2.75) is 19.9 Å². The summed E-state index contributed by atoms with van der Waals surface area (Å²) in [5, 5.41) is 7.70. The van der Waals surface area contributed by atoms with Crippen LogP contribution in [0, 0.1) is 6.92 Å². The molecule has 1 atom stereocenters. The van der Waals surface area contributed by atoms with Crippen LogP contribution in [0.5, 0.6) is 5.75 Å². The maximum Gasteiger partial charge on any atom is 0.237 e. The molecule has 0 bridgehead atoms. The smallest absolute Gasteiger partial charge is 0.237 e. The molecule has 5 nitrogen and oxygen atoms in total. The molecule has 1 heterocycles. The molecule has 90 valence electrons. The monoisotopic (exact) mass is 233 g/mol. The largest absolute Gasteiger partial charge is 0.494 e. The zero-order chi connectivity index (χ0) is 12.3. The normalized spacial score (nSPS) is 12.4. The first-order valence-electron chi connectivity index (χ1n) is 5.49. The van der Waals surface area contributed by atoms with E-state index in [1.807, 2.05) is 31.2 Å². The minimum absolute atomic E-state index is 0.398. The van der Waals surface area contributed by atoms with Crippen molar-refractivity contribution in [1.82, 2.24) is 10.2 Å². The van der Waals surface area contributed by atoms with E-state index in [0.29, 0.717) is 18.4 Å². The zero-order valence-corrected chi connectivity index (χ0v) is 9.88. The first-order chi connectivity index (χ1) is 8.22. The number of aromatic nitrogens is 2. The van der Waals surface area contributed by atoms with E-state index < -0.39 is 6.04 Å². The van der Waals surface area contributed by atoms with Gasteiger partial charge < -0.3 is 14.9 Å². The number of ether oxygens (including phenoxy) is 1. The molecule has 2 aromatic rings. The van der Waals surface area contributed by atoms with Gasteiger partial charge in [-0.1, -0.05) is 18.2 Å². The average Bonchev–Trinajstić information content (AvgIpc) is 2.76. The van der Waals surface area contributed by atoms with Crippen molar-refractivity contribution in [3.63, 3.8) is 0 Å². The Hall–Kier alpha value is -1.88. The van der Waals surface area contributed by atoms with E-state index in [2.05, 4.69) is 10.2 Å². The van der Waals surface area contributed by atoms with Crippen LogP contribution in [-0.2, 0) is 0 Å². The van der Waals surface area contributed by atoms with Gasteiger partial charge in [0.25, 0.3) is 0 Å². The second kappa shape index (κ2) is 4.97. The SMILES string of the molecule is CCOc1ccccc1C(N)c1nnc(C)o1. The van der Waals surface area contributed by atoms with Crippen molar-refractivity contribution in [3.05, 3.63) is 41.6 Å². The molecular formula is C12H15N3O2. The van der Waals surface area contributed by atoms with E-state index in [1.165, 1.54) is 0 Å². The van der Waals surface area contributed by atoms with E-state index in [1.54, 1.807) is 6.92 Å². The maximum atomic E-state index is 6.08. The first-order valence-corrected chi connectivity index (χ1v) is 5.49. The van der Waals surface area contributed by atoms with Gasteiger partial charge in [0, 0.05) is 12.5 Å². The fourth-order valence-electron chi connectivity index (χ4n) is 1.59. The lowest BCUT2D eigenvalue weighted by Gasteiger charge is -2.13. The molecule has 0 aliphatic carbocycles. The number of hydrogen-bond donors (Lipinski definition) is 1. The summed E-state index contributed by atoms with van der Waals surface area (Å²) in [6, 6.07) is 7.12. The minimum atomic E-state index is -0.459. The van der Waals surface area contributed by atoms with Gasteiger partial charge in [0.1, 0.15) is 11.8 Å². The summed E-state index contributed by atoms with van der Waals surface area (Å²) in [5.74, 6) is 1.65. The van der Waals surface area contributed by atoms with Gasteiger partial charge >= 0.3 is 0 Å². The molecule has 0 saturated heterocycles. The number of rotatable bonds is 4. The predicted molar refractivity (Wildman–Crippen MR) is 62.7 cm³/mol. The number of hydrogen-bond acceptors (Lipinski definition) is 5. The fourth-order valence-corrected chi connectivity index (χ4v) is 1.59. The van der Waals surface area contributed by atoms with Crippen LogP contribution in [0.2, 0.25) is 0 Å². The number of nitrogens with two attached hydrogens (primary N) is 1. The van der Waals surface area contributed by atoms with Crippen LogP contribution in [0.3, 0.4) is 0 Å². The molecule has 0 aliphatic heterocycles. The van der Waals surface area contributed by atoms with E-state index in [9.17, 15) is 0 Å². The molecule has 5 heteroatoms. The highest BCUT2D eigenvalue weighted by molar-refractivity contribution is 5.38. The van der Waals surface area contributed by atoms with E-state index in [-0.39, 0.29) is 0 Å². The zero-order valence-electron chi connectivity index (χ0n) is 9.88. The van der Waals surface area contributed by atoms with Crippen LogP contribution in [0.25, 0.3) is 0 Å². The average molecular weight is 233 g/mol. The Kier molecular flexibility index (Phi) is 3.39. The summed E-state index contributed by atoms with van der Waals surface area (Å²) in [5.41, 5.74) is 6.93. The molecule has 1 unspecified atom stereocenters. The van der Waals surface area contributed by atoms with Gasteiger partial charge in [0.05, 0.1) is 6.61 Å². The van der Waals surface area contributed by atoms with Crippen LogP contribution in [0.15, 0.2) is 28.7 Å². The van der Waals surface area contributed by atoms with Crippen molar-refractivity contribution in [2.75, 3.05) is 6.61 Å². The maximum absolute atomic E-state index is 6.08. The van der Waals surface area contributed by atoms with Gasteiger partial charge in [-0.25, -0.2) is 0 Å². The van der Waals surface area contributed by atoms with Crippen molar-refractivity contribution in [2.24, 2.45) is 5.73 Å². The molecule has 0 saturated carbocycles. The number of aryl methyl sites for hydroxylation is 1. The summed E-state index contributed by atoms with van der Waals surface area (Å²) < 4.78 is 10.8. The molecule has 17 heavy (non-hydrogen) atoms. The Labute approximate surface area is 99.6 Å². The number of nitrogens with zero attached hydrogens (tertiary/aromatic N) is 2. The number of para-hydroxylation sites is 1. The molecule has 0 aliphatic rings. The predicted octanol–water partition coefficient (Wildman–Crippen LogP) is 1.82. The van der Waals surface area contributed by atoms with Gasteiger partial charge in [-0.2, -0.15) is 0 Å². The summed E-state index contributed by atoms with van der Waals surface area (Å²) in [7, 11) is 0. The molecule has 1 aromatic heterocycles. The summed E-state index contributed by atoms with van der Waals surface area (Å²) in [6.07, 6.45) is 0. The van der Waals surface area contributed by atoms with Gasteiger partial charge in [0.15, 0.2) is 0 Å². The van der Waals surface area contributed by atoms with Crippen molar-refractivity contribution < 1.29 is 9.15 Å². The summed E-state index contributed by atoms with van der Waals surface area (Å²) >= 11 is 0. The Morgan fingerprint density at radius 1 is 1.35 bits per heavy atom. The second-order valence-electron chi connectivity index (χ2n) is 3.61. The summed E-state index contributed by atoms with van der Waals surface area (Å²) in [6.45, 7) is 4.25. The van der Waals surface area contributed by atoms with E-state index >= 15 is 0 Å². The van der Waals surface area contributed by atoms with Crippen LogP contribution in [0.1, 0.15) is 30.3 Å². The lowest BCUT2D eigenvalue weighted by atomic mass is 10.1. The molecule has 0 fully saturated rings. The highest BCUT2D eigenvalue weighted by atomic mass is 16.5. The van der Waals surface area contributed by atoms with Crippen LogP contribution in [0.4, 0.5) is 0 Å². The van der Waals surface area contributed by atoms with Gasteiger partial charge in [0.2, 0.25) is 11.8 Å². The van der Waals surface area contributed by atoms with E-state index in [4.69, 9.17) is 14.9 Å².